The molecule has 0 saturated carbocycles. The number of halogens is 1. The maximum Gasteiger partial charge on any atom is 0.257 e. The Balaban J connectivity index is 1.49. The molecule has 2 amide bonds. The number of thiocarbonyl (C=S) groups is 1. The Morgan fingerprint density at radius 2 is 1.74 bits per heavy atom. The third-order valence-corrected chi connectivity index (χ3v) is 5.72. The van der Waals surface area contributed by atoms with Crippen LogP contribution in [0.3, 0.4) is 0 Å². The Labute approximate surface area is 197 Å². The Kier molecular flexibility index (Phi) is 8.03. The molecule has 1 saturated heterocycles. The van der Waals surface area contributed by atoms with Crippen LogP contribution in [0.5, 0.6) is 0 Å². The molecular weight excluding hydrogens is 476 g/mol. The maximum atomic E-state index is 12.3. The molecule has 0 aliphatic carbocycles. The van der Waals surface area contributed by atoms with Crippen LogP contribution < -0.4 is 15.5 Å². The van der Waals surface area contributed by atoms with E-state index in [9.17, 15) is 9.59 Å². The van der Waals surface area contributed by atoms with Crippen molar-refractivity contribution in [3.05, 3.63) is 58.6 Å². The van der Waals surface area contributed by atoms with Gasteiger partial charge < -0.3 is 15.1 Å². The van der Waals surface area contributed by atoms with Crippen molar-refractivity contribution in [3.8, 4) is 0 Å². The van der Waals surface area contributed by atoms with Gasteiger partial charge in [-0.1, -0.05) is 35.8 Å². The molecule has 0 radical (unpaired) electrons. The first-order valence-electron chi connectivity index (χ1n) is 10.3. The number of anilines is 2. The molecule has 0 bridgehead atoms. The zero-order valence-electron chi connectivity index (χ0n) is 17.7. The van der Waals surface area contributed by atoms with E-state index in [4.69, 9.17) is 12.2 Å². The minimum atomic E-state index is -0.264. The average Bonchev–Trinajstić information content (AvgIpc) is 2.74. The largest absolute Gasteiger partial charge is 0.368 e. The van der Waals surface area contributed by atoms with Gasteiger partial charge in [0.05, 0.1) is 0 Å². The van der Waals surface area contributed by atoms with E-state index in [0.29, 0.717) is 17.9 Å². The fourth-order valence-corrected chi connectivity index (χ4v) is 4.03. The number of piperazine rings is 1. The topological polar surface area (TPSA) is 64.7 Å². The molecule has 2 aromatic carbocycles. The highest BCUT2D eigenvalue weighted by Crippen LogP contribution is 2.20. The van der Waals surface area contributed by atoms with Gasteiger partial charge in [-0.2, -0.15) is 0 Å². The highest BCUT2D eigenvalue weighted by Gasteiger charge is 2.21. The van der Waals surface area contributed by atoms with Crippen LogP contribution in [0.2, 0.25) is 0 Å². The van der Waals surface area contributed by atoms with E-state index in [-0.39, 0.29) is 16.9 Å². The van der Waals surface area contributed by atoms with Gasteiger partial charge in [-0.15, -0.1) is 0 Å². The standard InChI is InChI=1S/C23H27BrN4O2S/c1-16(2)14-21(29)28-12-10-27(11-13-28)20-8-6-19(7-9-20)25-23(31)26-22(30)17-4-3-5-18(24)15-17/h3-9,15-16H,10-14H2,1-2H3,(H2,25,26,30,31). The van der Waals surface area contributed by atoms with Gasteiger partial charge in [-0.3, -0.25) is 14.9 Å². The highest BCUT2D eigenvalue weighted by molar-refractivity contribution is 9.10. The van der Waals surface area contributed by atoms with Crippen LogP contribution in [0.4, 0.5) is 11.4 Å². The van der Waals surface area contributed by atoms with Crippen LogP contribution in [0.25, 0.3) is 0 Å². The predicted octanol–water partition coefficient (Wildman–Crippen LogP) is 4.27. The second kappa shape index (κ2) is 10.7. The van der Waals surface area contributed by atoms with Crippen molar-refractivity contribution < 1.29 is 9.59 Å². The molecule has 2 N–H and O–H groups in total. The normalized spacial score (nSPS) is 13.8. The summed E-state index contributed by atoms with van der Waals surface area (Å²) in [7, 11) is 0. The molecule has 0 unspecified atom stereocenters. The van der Waals surface area contributed by atoms with E-state index in [1.165, 1.54) is 0 Å². The van der Waals surface area contributed by atoms with E-state index >= 15 is 0 Å². The van der Waals surface area contributed by atoms with Gasteiger partial charge in [0.2, 0.25) is 5.91 Å². The monoisotopic (exact) mass is 502 g/mol. The number of hydrogen-bond acceptors (Lipinski definition) is 4. The van der Waals surface area contributed by atoms with Crippen LogP contribution >= 0.6 is 28.1 Å². The number of carbonyl (C=O) groups excluding carboxylic acids is 2. The van der Waals surface area contributed by atoms with Crippen molar-refractivity contribution in [2.45, 2.75) is 20.3 Å². The third-order valence-electron chi connectivity index (χ3n) is 5.02. The van der Waals surface area contributed by atoms with E-state index < -0.39 is 0 Å². The van der Waals surface area contributed by atoms with Gasteiger partial charge in [0.15, 0.2) is 5.11 Å². The lowest BCUT2D eigenvalue weighted by Crippen LogP contribution is -2.49. The van der Waals surface area contributed by atoms with Gasteiger partial charge in [-0.25, -0.2) is 0 Å². The summed E-state index contributed by atoms with van der Waals surface area (Å²) >= 11 is 8.63. The number of amides is 2. The summed E-state index contributed by atoms with van der Waals surface area (Å²) in [6.07, 6.45) is 0.609. The van der Waals surface area contributed by atoms with Crippen molar-refractivity contribution in [2.24, 2.45) is 5.92 Å². The average molecular weight is 503 g/mol. The molecule has 3 rings (SSSR count). The molecule has 164 valence electrons. The summed E-state index contributed by atoms with van der Waals surface area (Å²) in [6, 6.07) is 15.0. The van der Waals surface area contributed by atoms with Gasteiger partial charge in [0.25, 0.3) is 5.91 Å². The fourth-order valence-electron chi connectivity index (χ4n) is 3.42. The summed E-state index contributed by atoms with van der Waals surface area (Å²) in [5.74, 6) is 0.365. The molecule has 8 heteroatoms. The Morgan fingerprint density at radius 3 is 2.35 bits per heavy atom. The lowest BCUT2D eigenvalue weighted by molar-refractivity contribution is -0.132. The summed E-state index contributed by atoms with van der Waals surface area (Å²) < 4.78 is 0.833. The second-order valence-corrected chi connectivity index (χ2v) is 9.26. The number of rotatable bonds is 5. The van der Waals surface area contributed by atoms with Crippen LogP contribution in [0.1, 0.15) is 30.6 Å². The minimum Gasteiger partial charge on any atom is -0.368 e. The third kappa shape index (κ3) is 6.77. The lowest BCUT2D eigenvalue weighted by atomic mass is 10.1. The first-order valence-corrected chi connectivity index (χ1v) is 11.5. The number of nitrogens with zero attached hydrogens (tertiary/aromatic N) is 2. The molecule has 1 fully saturated rings. The molecule has 31 heavy (non-hydrogen) atoms. The fraction of sp³-hybridized carbons (Fsp3) is 0.348. The van der Waals surface area contributed by atoms with Crippen LogP contribution in [0, 0.1) is 5.92 Å². The quantitative estimate of drug-likeness (QED) is 0.597. The van der Waals surface area contributed by atoms with Crippen molar-refractivity contribution in [3.63, 3.8) is 0 Å². The van der Waals surface area contributed by atoms with E-state index in [0.717, 1.165) is 42.0 Å². The Morgan fingerprint density at radius 1 is 1.06 bits per heavy atom. The predicted molar refractivity (Wildman–Crippen MR) is 133 cm³/mol. The zero-order chi connectivity index (χ0) is 22.4. The molecule has 1 aliphatic rings. The molecule has 0 atom stereocenters. The number of nitrogens with one attached hydrogen (secondary N) is 2. The van der Waals surface area contributed by atoms with Crippen molar-refractivity contribution >= 4 is 56.4 Å². The van der Waals surface area contributed by atoms with Gasteiger partial charge in [0, 0.05) is 54.0 Å². The van der Waals surface area contributed by atoms with Crippen LogP contribution in [-0.2, 0) is 4.79 Å². The van der Waals surface area contributed by atoms with Crippen molar-refractivity contribution in [1.29, 1.82) is 0 Å². The van der Waals surface area contributed by atoms with Gasteiger partial charge >= 0.3 is 0 Å². The molecule has 1 aliphatic heterocycles. The van der Waals surface area contributed by atoms with Crippen molar-refractivity contribution in [2.75, 3.05) is 36.4 Å². The van der Waals surface area contributed by atoms with E-state index in [1.54, 1.807) is 18.2 Å². The second-order valence-electron chi connectivity index (χ2n) is 7.93. The smallest absolute Gasteiger partial charge is 0.257 e. The first kappa shape index (κ1) is 23.2. The molecule has 6 nitrogen and oxygen atoms in total. The summed E-state index contributed by atoms with van der Waals surface area (Å²) in [6.45, 7) is 7.27. The van der Waals surface area contributed by atoms with E-state index in [1.807, 2.05) is 35.2 Å². The molecule has 0 aromatic heterocycles. The highest BCUT2D eigenvalue weighted by atomic mass is 79.9. The van der Waals surface area contributed by atoms with Gasteiger partial charge in [0.1, 0.15) is 0 Å². The van der Waals surface area contributed by atoms with Crippen LogP contribution in [-0.4, -0.2) is 48.0 Å². The number of hydrogen-bond donors (Lipinski definition) is 2. The number of carbonyl (C=O) groups is 2. The van der Waals surface area contributed by atoms with E-state index in [2.05, 4.69) is 45.3 Å². The maximum absolute atomic E-state index is 12.3. The van der Waals surface area contributed by atoms with Crippen molar-refractivity contribution in [1.82, 2.24) is 10.2 Å². The lowest BCUT2D eigenvalue weighted by Gasteiger charge is -2.36. The summed E-state index contributed by atoms with van der Waals surface area (Å²) in [5, 5.41) is 5.98. The molecule has 1 heterocycles. The Hall–Kier alpha value is -2.45. The SMILES string of the molecule is CC(C)CC(=O)N1CCN(c2ccc(NC(=S)NC(=O)c3cccc(Br)c3)cc2)CC1. The number of benzene rings is 2. The van der Waals surface area contributed by atoms with Crippen LogP contribution in [0.15, 0.2) is 53.0 Å². The summed E-state index contributed by atoms with van der Waals surface area (Å²) in [5.41, 5.74) is 2.43. The first-order chi connectivity index (χ1) is 14.8. The minimum absolute atomic E-state index is 0.243. The zero-order valence-corrected chi connectivity index (χ0v) is 20.1. The Bertz CT molecular complexity index is 941. The molecular formula is C23H27BrN4O2S. The molecule has 2 aromatic rings. The molecule has 0 spiro atoms. The summed E-state index contributed by atoms with van der Waals surface area (Å²) in [4.78, 5) is 28.8. The van der Waals surface area contributed by atoms with Gasteiger partial charge in [-0.05, 0) is 60.6 Å².